The number of carbonyl (C=O) groups excluding carboxylic acids is 3. The minimum atomic E-state index is -0.711. The van der Waals surface area contributed by atoms with Gasteiger partial charge in [0.15, 0.2) is 11.6 Å². The molecule has 0 aliphatic heterocycles. The van der Waals surface area contributed by atoms with E-state index in [9.17, 15) is 14.4 Å². The molecule has 5 heteroatoms. The first kappa shape index (κ1) is 28.9. The number of ether oxygens (including phenoxy) is 1. The first-order valence-electron chi connectivity index (χ1n) is 9.58. The molecule has 0 fully saturated rings. The fourth-order valence-corrected chi connectivity index (χ4v) is 1.67. The van der Waals surface area contributed by atoms with Crippen molar-refractivity contribution in [2.24, 2.45) is 5.73 Å². The predicted molar refractivity (Wildman–Crippen MR) is 109 cm³/mol. The van der Waals surface area contributed by atoms with E-state index in [4.69, 9.17) is 0 Å². The molecule has 0 aromatic heterocycles. The lowest BCUT2D eigenvalue weighted by Crippen LogP contribution is -2.11. The molecule has 0 spiro atoms. The van der Waals surface area contributed by atoms with Gasteiger partial charge >= 0.3 is 6.09 Å². The highest BCUT2D eigenvalue weighted by Crippen LogP contribution is 1.99. The minimum Gasteiger partial charge on any atom is -0.450 e. The second-order valence-electron chi connectivity index (χ2n) is 5.77. The fourth-order valence-electron chi connectivity index (χ4n) is 1.67. The summed E-state index contributed by atoms with van der Waals surface area (Å²) in [6, 6.07) is 0. The van der Waals surface area contributed by atoms with Gasteiger partial charge in [0.05, 0.1) is 6.61 Å². The Morgan fingerprint density at radius 3 is 1.35 bits per heavy atom. The van der Waals surface area contributed by atoms with Crippen LogP contribution in [-0.4, -0.2) is 24.3 Å². The van der Waals surface area contributed by atoms with E-state index in [1.807, 2.05) is 12.2 Å². The van der Waals surface area contributed by atoms with Crippen molar-refractivity contribution in [3.8, 4) is 0 Å². The van der Waals surface area contributed by atoms with Gasteiger partial charge < -0.3 is 10.5 Å². The maximum absolute atomic E-state index is 10.4. The van der Waals surface area contributed by atoms with E-state index in [0.717, 1.165) is 12.8 Å². The van der Waals surface area contributed by atoms with E-state index in [0.29, 0.717) is 6.61 Å². The molecule has 0 aromatic carbocycles. The zero-order chi connectivity index (χ0) is 20.6. The zero-order valence-corrected chi connectivity index (χ0v) is 17.4. The van der Waals surface area contributed by atoms with Crippen LogP contribution in [0, 0.1) is 0 Å². The van der Waals surface area contributed by atoms with Crippen LogP contribution >= 0.6 is 0 Å². The minimum absolute atomic E-state index is 0.150. The Balaban J connectivity index is -0.000000316. The number of ketones is 2. The average molecular weight is 370 g/mol. The Morgan fingerprint density at radius 2 is 1.15 bits per heavy atom. The summed E-state index contributed by atoms with van der Waals surface area (Å²) in [5.41, 5.74) is 4.54. The van der Waals surface area contributed by atoms with Gasteiger partial charge in [0.2, 0.25) is 0 Å². The van der Waals surface area contributed by atoms with Gasteiger partial charge in [-0.2, -0.15) is 0 Å². The van der Waals surface area contributed by atoms with Gasteiger partial charge in [-0.3, -0.25) is 9.59 Å². The highest BCUT2D eigenvalue weighted by Gasteiger charge is 1.84. The van der Waals surface area contributed by atoms with Crippen molar-refractivity contribution >= 4 is 17.7 Å². The Hall–Kier alpha value is -1.91. The summed E-state index contributed by atoms with van der Waals surface area (Å²) in [6.45, 7) is 9.57. The third kappa shape index (κ3) is 43.1. The molecule has 152 valence electrons. The number of rotatable bonds is 11. The number of nitrogens with two attached hydrogens (primary N) is 1. The summed E-state index contributed by atoms with van der Waals surface area (Å²) in [6.07, 6.45) is 16.0. The average Bonchev–Trinajstić information content (AvgIpc) is 2.55. The number of hydrogen-bond acceptors (Lipinski definition) is 4. The van der Waals surface area contributed by atoms with Crippen molar-refractivity contribution in [3.63, 3.8) is 0 Å². The number of hydrogen-bond donors (Lipinski definition) is 1. The number of carbonyl (C=O) groups is 3. The van der Waals surface area contributed by atoms with E-state index >= 15 is 0 Å². The van der Waals surface area contributed by atoms with Gasteiger partial charge in [0.25, 0.3) is 0 Å². The SMILES string of the molecule is CCCCCC=CC(C)=O.CCCCCC=CC(C)=O.CCOC(N)=O. The quantitative estimate of drug-likeness (QED) is 0.383. The van der Waals surface area contributed by atoms with Crippen molar-refractivity contribution < 1.29 is 19.1 Å². The maximum atomic E-state index is 10.4. The maximum Gasteiger partial charge on any atom is 0.404 e. The molecular weight excluding hydrogens is 330 g/mol. The third-order valence-corrected chi connectivity index (χ3v) is 2.94. The largest absolute Gasteiger partial charge is 0.450 e. The highest BCUT2D eigenvalue weighted by atomic mass is 16.5. The Bertz CT molecular complexity index is 371. The molecular formula is C21H39NO4. The lowest BCUT2D eigenvalue weighted by molar-refractivity contribution is -0.113. The Labute approximate surface area is 160 Å². The number of allylic oxidation sites excluding steroid dienone is 4. The van der Waals surface area contributed by atoms with Gasteiger partial charge in [0.1, 0.15) is 0 Å². The topological polar surface area (TPSA) is 86.5 Å². The van der Waals surface area contributed by atoms with Crippen LogP contribution in [0.15, 0.2) is 24.3 Å². The van der Waals surface area contributed by atoms with Crippen LogP contribution < -0.4 is 5.73 Å². The normalized spacial score (nSPS) is 9.88. The van der Waals surface area contributed by atoms with Crippen molar-refractivity contribution in [2.45, 2.75) is 86.0 Å². The second kappa shape index (κ2) is 25.3. The zero-order valence-electron chi connectivity index (χ0n) is 17.4. The van der Waals surface area contributed by atoms with Crippen LogP contribution in [0.1, 0.15) is 86.0 Å². The smallest absolute Gasteiger partial charge is 0.404 e. The van der Waals surface area contributed by atoms with Gasteiger partial charge in [-0.25, -0.2) is 4.79 Å². The molecule has 0 heterocycles. The molecule has 26 heavy (non-hydrogen) atoms. The summed E-state index contributed by atoms with van der Waals surface area (Å²) >= 11 is 0. The van der Waals surface area contributed by atoms with Gasteiger partial charge in [0, 0.05) is 0 Å². The molecule has 0 aromatic rings. The van der Waals surface area contributed by atoms with Crippen LogP contribution in [0.2, 0.25) is 0 Å². The monoisotopic (exact) mass is 369 g/mol. The number of primary amides is 1. The van der Waals surface area contributed by atoms with Crippen molar-refractivity contribution in [2.75, 3.05) is 6.61 Å². The third-order valence-electron chi connectivity index (χ3n) is 2.94. The van der Waals surface area contributed by atoms with E-state index in [1.54, 1.807) is 32.9 Å². The molecule has 0 atom stereocenters. The van der Waals surface area contributed by atoms with Gasteiger partial charge in [-0.15, -0.1) is 0 Å². The Kier molecular flexibility index (Phi) is 28.1. The molecule has 0 radical (unpaired) electrons. The fraction of sp³-hybridized carbons (Fsp3) is 0.667. The molecule has 0 saturated carbocycles. The van der Waals surface area contributed by atoms with E-state index in [1.165, 1.54) is 38.5 Å². The van der Waals surface area contributed by atoms with E-state index in [-0.39, 0.29) is 11.6 Å². The molecule has 0 saturated heterocycles. The van der Waals surface area contributed by atoms with Gasteiger partial charge in [-0.1, -0.05) is 51.7 Å². The molecule has 0 aliphatic rings. The molecule has 1 amide bonds. The Morgan fingerprint density at radius 1 is 0.769 bits per heavy atom. The van der Waals surface area contributed by atoms with Crippen molar-refractivity contribution in [1.29, 1.82) is 0 Å². The van der Waals surface area contributed by atoms with Crippen LogP contribution in [0.3, 0.4) is 0 Å². The number of unbranched alkanes of at least 4 members (excludes halogenated alkanes) is 6. The summed E-state index contributed by atoms with van der Waals surface area (Å²) in [5.74, 6) is 0.299. The predicted octanol–water partition coefficient (Wildman–Crippen LogP) is 5.53. The van der Waals surface area contributed by atoms with Crippen LogP contribution in [0.4, 0.5) is 4.79 Å². The lowest BCUT2D eigenvalue weighted by atomic mass is 10.2. The summed E-state index contributed by atoms with van der Waals surface area (Å²) in [7, 11) is 0. The molecule has 5 nitrogen and oxygen atoms in total. The highest BCUT2D eigenvalue weighted by molar-refractivity contribution is 5.87. The molecule has 0 unspecified atom stereocenters. The standard InChI is InChI=1S/2C9H16O.C3H7NO2/c2*1-3-4-5-6-7-8-9(2)10;1-2-6-3(4)5/h2*7-8H,3-6H2,1-2H3;2H2,1H3,(H2,4,5). The summed E-state index contributed by atoms with van der Waals surface area (Å²) in [5, 5.41) is 0. The molecule has 0 bridgehead atoms. The molecule has 0 rings (SSSR count). The van der Waals surface area contributed by atoms with Crippen molar-refractivity contribution in [3.05, 3.63) is 24.3 Å². The molecule has 2 N–H and O–H groups in total. The first-order valence-corrected chi connectivity index (χ1v) is 9.58. The van der Waals surface area contributed by atoms with Crippen LogP contribution in [0.5, 0.6) is 0 Å². The number of amides is 1. The van der Waals surface area contributed by atoms with Crippen LogP contribution in [-0.2, 0) is 14.3 Å². The first-order chi connectivity index (χ1) is 12.3. The summed E-state index contributed by atoms with van der Waals surface area (Å²) in [4.78, 5) is 30.4. The van der Waals surface area contributed by atoms with E-state index < -0.39 is 6.09 Å². The van der Waals surface area contributed by atoms with Crippen LogP contribution in [0.25, 0.3) is 0 Å². The van der Waals surface area contributed by atoms with Crippen molar-refractivity contribution in [1.82, 2.24) is 0 Å². The lowest BCUT2D eigenvalue weighted by Gasteiger charge is -1.89. The second-order valence-corrected chi connectivity index (χ2v) is 5.77. The summed E-state index contributed by atoms with van der Waals surface area (Å²) < 4.78 is 4.18. The molecule has 0 aliphatic carbocycles. The van der Waals surface area contributed by atoms with E-state index in [2.05, 4.69) is 24.3 Å². The van der Waals surface area contributed by atoms with Gasteiger partial charge in [-0.05, 0) is 58.6 Å².